The largest absolute Gasteiger partial charge is 0.466 e. The molecule has 0 aromatic carbocycles. The van der Waals surface area contributed by atoms with Crippen molar-refractivity contribution in [1.29, 1.82) is 0 Å². The molecular weight excluding hydrogens is 296 g/mol. The van der Waals surface area contributed by atoms with Crippen LogP contribution in [-0.4, -0.2) is 65.4 Å². The lowest BCUT2D eigenvalue weighted by molar-refractivity contribution is -0.143. The van der Waals surface area contributed by atoms with E-state index in [1.165, 1.54) is 6.20 Å². The molecule has 2 heterocycles. The number of ether oxygens (including phenoxy) is 1. The summed E-state index contributed by atoms with van der Waals surface area (Å²) in [4.78, 5) is 35.1. The fourth-order valence-corrected chi connectivity index (χ4v) is 2.99. The molecule has 1 aliphatic rings. The summed E-state index contributed by atoms with van der Waals surface area (Å²) in [5, 5.41) is 0. The Kier molecular flexibility index (Phi) is 6.04. The fourth-order valence-electron chi connectivity index (χ4n) is 2.99. The second-order valence-electron chi connectivity index (χ2n) is 5.81. The molecule has 1 saturated heterocycles. The standard InChI is InChI=1S/C16H24N4O3/c1-4-23-16(22)5-6-20-12(2)9-19(10-13(20)3)15-8-17-14(11-21)7-18-15/h7-8,11-13H,4-6,9-10H2,1-3H3/t12-,13+. The van der Waals surface area contributed by atoms with E-state index in [1.54, 1.807) is 6.20 Å². The highest BCUT2D eigenvalue weighted by Gasteiger charge is 2.30. The van der Waals surface area contributed by atoms with Gasteiger partial charge in [-0.25, -0.2) is 9.97 Å². The first-order chi connectivity index (χ1) is 11.0. The number of carbonyl (C=O) groups is 2. The lowest BCUT2D eigenvalue weighted by Gasteiger charge is -2.44. The summed E-state index contributed by atoms with van der Waals surface area (Å²) in [7, 11) is 0. The average molecular weight is 320 g/mol. The number of esters is 1. The van der Waals surface area contributed by atoms with E-state index < -0.39 is 0 Å². The first-order valence-electron chi connectivity index (χ1n) is 7.98. The normalized spacial score (nSPS) is 22.0. The van der Waals surface area contributed by atoms with Crippen LogP contribution in [-0.2, 0) is 9.53 Å². The van der Waals surface area contributed by atoms with Gasteiger partial charge in [-0.1, -0.05) is 0 Å². The van der Waals surface area contributed by atoms with Gasteiger partial charge < -0.3 is 9.64 Å². The van der Waals surface area contributed by atoms with Crippen molar-refractivity contribution in [3.05, 3.63) is 18.1 Å². The van der Waals surface area contributed by atoms with Crippen molar-refractivity contribution in [2.45, 2.75) is 39.3 Å². The van der Waals surface area contributed by atoms with Crippen LogP contribution >= 0.6 is 0 Å². The van der Waals surface area contributed by atoms with Gasteiger partial charge in [0.2, 0.25) is 0 Å². The molecule has 0 unspecified atom stereocenters. The number of anilines is 1. The number of piperazine rings is 1. The monoisotopic (exact) mass is 320 g/mol. The van der Waals surface area contributed by atoms with E-state index in [1.807, 2.05) is 6.92 Å². The third kappa shape index (κ3) is 4.48. The highest BCUT2D eigenvalue weighted by atomic mass is 16.5. The molecule has 1 aromatic heterocycles. The molecule has 0 N–H and O–H groups in total. The van der Waals surface area contributed by atoms with E-state index >= 15 is 0 Å². The van der Waals surface area contributed by atoms with Gasteiger partial charge in [-0.05, 0) is 20.8 Å². The minimum absolute atomic E-state index is 0.148. The number of nitrogens with zero attached hydrogens (tertiary/aromatic N) is 4. The molecule has 126 valence electrons. The Bertz CT molecular complexity index is 523. The predicted molar refractivity (Wildman–Crippen MR) is 86.5 cm³/mol. The molecule has 1 fully saturated rings. The van der Waals surface area contributed by atoms with Crippen LogP contribution in [0.2, 0.25) is 0 Å². The second-order valence-corrected chi connectivity index (χ2v) is 5.81. The van der Waals surface area contributed by atoms with Crippen molar-refractivity contribution in [3.63, 3.8) is 0 Å². The summed E-state index contributed by atoms with van der Waals surface area (Å²) < 4.78 is 4.99. The van der Waals surface area contributed by atoms with Crippen LogP contribution in [0.5, 0.6) is 0 Å². The zero-order chi connectivity index (χ0) is 16.8. The number of aldehydes is 1. The molecule has 0 saturated carbocycles. The highest BCUT2D eigenvalue weighted by Crippen LogP contribution is 2.20. The van der Waals surface area contributed by atoms with Gasteiger partial charge in [0.15, 0.2) is 6.29 Å². The van der Waals surface area contributed by atoms with Crippen LogP contribution in [0.1, 0.15) is 37.7 Å². The Morgan fingerprint density at radius 3 is 2.52 bits per heavy atom. The molecule has 0 bridgehead atoms. The molecule has 0 amide bonds. The lowest BCUT2D eigenvalue weighted by atomic mass is 10.1. The SMILES string of the molecule is CCOC(=O)CCN1[C@H](C)CN(c2cnc(C=O)cn2)C[C@@H]1C. The van der Waals surface area contributed by atoms with Gasteiger partial charge >= 0.3 is 5.97 Å². The highest BCUT2D eigenvalue weighted by molar-refractivity contribution is 5.71. The predicted octanol–water partition coefficient (Wildman–Crippen LogP) is 1.14. The summed E-state index contributed by atoms with van der Waals surface area (Å²) >= 11 is 0. The van der Waals surface area contributed by atoms with Crippen LogP contribution < -0.4 is 4.90 Å². The molecule has 1 aliphatic heterocycles. The molecule has 0 spiro atoms. The molecular formula is C16H24N4O3. The second kappa shape index (κ2) is 8.01. The number of carbonyl (C=O) groups excluding carboxylic acids is 2. The smallest absolute Gasteiger partial charge is 0.307 e. The van der Waals surface area contributed by atoms with Crippen LogP contribution in [0.25, 0.3) is 0 Å². The third-order valence-electron chi connectivity index (χ3n) is 4.08. The van der Waals surface area contributed by atoms with Crippen molar-refractivity contribution in [1.82, 2.24) is 14.9 Å². The van der Waals surface area contributed by atoms with Gasteiger partial charge in [0.05, 0.1) is 25.4 Å². The molecule has 0 aliphatic carbocycles. The third-order valence-corrected chi connectivity index (χ3v) is 4.08. The van der Waals surface area contributed by atoms with Crippen molar-refractivity contribution in [2.24, 2.45) is 0 Å². The van der Waals surface area contributed by atoms with E-state index in [-0.39, 0.29) is 5.97 Å². The average Bonchev–Trinajstić information content (AvgIpc) is 2.54. The molecule has 1 aromatic rings. The number of hydrogen-bond acceptors (Lipinski definition) is 7. The van der Waals surface area contributed by atoms with Crippen LogP contribution in [0.3, 0.4) is 0 Å². The van der Waals surface area contributed by atoms with E-state index in [0.29, 0.717) is 43.6 Å². The summed E-state index contributed by atoms with van der Waals surface area (Å²) in [5.41, 5.74) is 0.336. The first kappa shape index (κ1) is 17.3. The number of rotatable bonds is 6. The zero-order valence-corrected chi connectivity index (χ0v) is 13.9. The van der Waals surface area contributed by atoms with Crippen molar-refractivity contribution in [2.75, 3.05) is 31.1 Å². The number of aromatic nitrogens is 2. The first-order valence-corrected chi connectivity index (χ1v) is 7.98. The molecule has 0 radical (unpaired) electrons. The molecule has 7 heteroatoms. The molecule has 2 rings (SSSR count). The summed E-state index contributed by atoms with van der Waals surface area (Å²) in [6.45, 7) is 8.84. The van der Waals surface area contributed by atoms with Gasteiger partial charge in [-0.3, -0.25) is 14.5 Å². The van der Waals surface area contributed by atoms with Crippen LogP contribution in [0, 0.1) is 0 Å². The molecule has 2 atom stereocenters. The maximum absolute atomic E-state index is 11.5. The van der Waals surface area contributed by atoms with Crippen molar-refractivity contribution >= 4 is 18.1 Å². The number of hydrogen-bond donors (Lipinski definition) is 0. The fraction of sp³-hybridized carbons (Fsp3) is 0.625. The zero-order valence-electron chi connectivity index (χ0n) is 13.9. The quantitative estimate of drug-likeness (QED) is 0.574. The maximum Gasteiger partial charge on any atom is 0.307 e. The Morgan fingerprint density at radius 2 is 2.00 bits per heavy atom. The van der Waals surface area contributed by atoms with Gasteiger partial charge in [0.25, 0.3) is 0 Å². The Hall–Kier alpha value is -2.02. The van der Waals surface area contributed by atoms with Crippen LogP contribution in [0.4, 0.5) is 5.82 Å². The van der Waals surface area contributed by atoms with E-state index in [9.17, 15) is 9.59 Å². The summed E-state index contributed by atoms with van der Waals surface area (Å²) in [6, 6.07) is 0.585. The van der Waals surface area contributed by atoms with Crippen molar-refractivity contribution < 1.29 is 14.3 Å². The topological polar surface area (TPSA) is 75.6 Å². The molecule has 23 heavy (non-hydrogen) atoms. The van der Waals surface area contributed by atoms with Gasteiger partial charge in [0.1, 0.15) is 11.5 Å². The Balaban J connectivity index is 1.95. The Morgan fingerprint density at radius 1 is 1.30 bits per heavy atom. The molecule has 7 nitrogen and oxygen atoms in total. The Labute approximate surface area is 136 Å². The van der Waals surface area contributed by atoms with Gasteiger partial charge in [-0.2, -0.15) is 0 Å². The van der Waals surface area contributed by atoms with E-state index in [2.05, 4.69) is 33.6 Å². The minimum atomic E-state index is -0.148. The maximum atomic E-state index is 11.5. The summed E-state index contributed by atoms with van der Waals surface area (Å²) in [6.07, 6.45) is 4.23. The van der Waals surface area contributed by atoms with Crippen LogP contribution in [0.15, 0.2) is 12.4 Å². The lowest BCUT2D eigenvalue weighted by Crippen LogP contribution is -2.57. The van der Waals surface area contributed by atoms with Gasteiger partial charge in [0, 0.05) is 31.7 Å². The summed E-state index contributed by atoms with van der Waals surface area (Å²) in [5.74, 6) is 0.629. The van der Waals surface area contributed by atoms with E-state index in [0.717, 1.165) is 18.9 Å². The van der Waals surface area contributed by atoms with E-state index in [4.69, 9.17) is 4.74 Å². The minimum Gasteiger partial charge on any atom is -0.466 e. The van der Waals surface area contributed by atoms with Crippen molar-refractivity contribution in [3.8, 4) is 0 Å². The van der Waals surface area contributed by atoms with Gasteiger partial charge in [-0.15, -0.1) is 0 Å².